The number of aryl methyl sites for hydroxylation is 2. The number of hydrazine groups is 1. The quantitative estimate of drug-likeness (QED) is 0.650. The van der Waals surface area contributed by atoms with E-state index in [4.69, 9.17) is 0 Å². The maximum Gasteiger partial charge on any atom is 0.243 e. The lowest BCUT2D eigenvalue weighted by atomic mass is 10.1. The number of nitrogens with one attached hydrogen (secondary N) is 1. The van der Waals surface area contributed by atoms with E-state index in [0.717, 1.165) is 30.5 Å². The number of carbonyl (C=O) groups is 1. The van der Waals surface area contributed by atoms with Gasteiger partial charge in [0.2, 0.25) is 15.9 Å². The van der Waals surface area contributed by atoms with Crippen molar-refractivity contribution in [1.82, 2.24) is 9.73 Å². The molecule has 1 N–H and O–H groups in total. The van der Waals surface area contributed by atoms with Crippen molar-refractivity contribution in [2.45, 2.75) is 50.8 Å². The van der Waals surface area contributed by atoms with Crippen LogP contribution in [0.5, 0.6) is 0 Å². The van der Waals surface area contributed by atoms with Crippen LogP contribution in [0.3, 0.4) is 0 Å². The molecule has 7 heteroatoms. The van der Waals surface area contributed by atoms with Crippen molar-refractivity contribution < 1.29 is 13.2 Å². The minimum Gasteiger partial charge on any atom is -0.286 e. The predicted molar refractivity (Wildman–Crippen MR) is 120 cm³/mol. The highest BCUT2D eigenvalue weighted by Gasteiger charge is 2.25. The minimum absolute atomic E-state index is 0.0672. The summed E-state index contributed by atoms with van der Waals surface area (Å²) >= 11 is 0. The zero-order chi connectivity index (χ0) is 21.6. The molecule has 0 aliphatic carbocycles. The average Bonchev–Trinajstić information content (AvgIpc) is 2.77. The highest BCUT2D eigenvalue weighted by Crippen LogP contribution is 2.21. The minimum atomic E-state index is -3.42. The van der Waals surface area contributed by atoms with E-state index in [-0.39, 0.29) is 5.91 Å². The van der Waals surface area contributed by atoms with Gasteiger partial charge in [0, 0.05) is 26.1 Å². The number of hydrogen-bond acceptors (Lipinski definition) is 4. The third-order valence-corrected chi connectivity index (χ3v) is 7.35. The van der Waals surface area contributed by atoms with Gasteiger partial charge in [0.1, 0.15) is 0 Å². The fourth-order valence-corrected chi connectivity index (χ4v) is 5.11. The Kier molecular flexibility index (Phi) is 7.50. The van der Waals surface area contributed by atoms with E-state index in [1.54, 1.807) is 16.4 Å². The van der Waals surface area contributed by atoms with Gasteiger partial charge in [-0.25, -0.2) is 8.42 Å². The Morgan fingerprint density at radius 1 is 1.00 bits per heavy atom. The second kappa shape index (κ2) is 10.1. The van der Waals surface area contributed by atoms with Gasteiger partial charge in [-0.3, -0.25) is 15.2 Å². The first-order valence-electron chi connectivity index (χ1n) is 10.6. The van der Waals surface area contributed by atoms with Crippen LogP contribution in [0.2, 0.25) is 0 Å². The van der Waals surface area contributed by atoms with E-state index in [1.165, 1.54) is 5.56 Å². The van der Waals surface area contributed by atoms with Crippen molar-refractivity contribution in [3.05, 3.63) is 59.7 Å². The van der Waals surface area contributed by atoms with Gasteiger partial charge >= 0.3 is 0 Å². The molecular weight excluding hydrogens is 398 g/mol. The van der Waals surface area contributed by atoms with Gasteiger partial charge in [-0.05, 0) is 62.9 Å². The molecule has 1 aliphatic heterocycles. The molecule has 1 amide bonds. The molecule has 0 aromatic heterocycles. The molecule has 0 unspecified atom stereocenters. The number of carbonyl (C=O) groups excluding carboxylic acids is 1. The first kappa shape index (κ1) is 22.3. The Morgan fingerprint density at radius 3 is 2.23 bits per heavy atom. The summed E-state index contributed by atoms with van der Waals surface area (Å²) in [7, 11) is -3.42. The number of rotatable bonds is 8. The predicted octanol–water partition coefficient (Wildman–Crippen LogP) is 3.66. The van der Waals surface area contributed by atoms with Gasteiger partial charge in [0.05, 0.1) is 10.6 Å². The normalized spacial score (nSPS) is 15.0. The van der Waals surface area contributed by atoms with Gasteiger partial charge in [0.15, 0.2) is 0 Å². The summed E-state index contributed by atoms with van der Waals surface area (Å²) in [5.41, 5.74) is 6.01. The van der Waals surface area contributed by atoms with E-state index < -0.39 is 10.0 Å². The first-order valence-corrected chi connectivity index (χ1v) is 12.1. The Balaban J connectivity index is 1.55. The molecule has 6 nitrogen and oxygen atoms in total. The van der Waals surface area contributed by atoms with Crippen molar-refractivity contribution >= 4 is 21.6 Å². The molecule has 1 aliphatic rings. The second-order valence-electron chi connectivity index (χ2n) is 7.72. The maximum atomic E-state index is 12.7. The van der Waals surface area contributed by atoms with Crippen LogP contribution in [-0.2, 0) is 21.2 Å². The van der Waals surface area contributed by atoms with Crippen LogP contribution in [0.1, 0.15) is 43.7 Å². The van der Waals surface area contributed by atoms with Gasteiger partial charge in [-0.15, -0.1) is 0 Å². The molecule has 0 radical (unpaired) electrons. The molecule has 30 heavy (non-hydrogen) atoms. The first-order chi connectivity index (χ1) is 14.4. The molecule has 162 valence electrons. The molecule has 3 rings (SSSR count). The lowest BCUT2D eigenvalue weighted by molar-refractivity contribution is -0.121. The highest BCUT2D eigenvalue weighted by molar-refractivity contribution is 7.89. The standard InChI is InChI=1S/C23H31N3O3S/c1-3-26(21-12-7-19(2)8-13-21)24-23(27)16-11-20-9-14-22(15-10-20)30(28,29)25-17-5-4-6-18-25/h7-10,12-15H,3-6,11,16-18H2,1-2H3,(H,24,27). The molecule has 1 fully saturated rings. The summed E-state index contributed by atoms with van der Waals surface area (Å²) in [6, 6.07) is 14.9. The number of benzene rings is 2. The Bertz CT molecular complexity index is 935. The molecule has 2 aromatic rings. The molecule has 0 spiro atoms. The number of amides is 1. The van der Waals surface area contributed by atoms with Crippen LogP contribution in [-0.4, -0.2) is 38.3 Å². The van der Waals surface area contributed by atoms with E-state index in [2.05, 4.69) is 5.43 Å². The van der Waals surface area contributed by atoms with Crippen molar-refractivity contribution in [2.75, 3.05) is 24.6 Å². The zero-order valence-corrected chi connectivity index (χ0v) is 18.6. The molecule has 2 aromatic carbocycles. The monoisotopic (exact) mass is 429 g/mol. The summed E-state index contributed by atoms with van der Waals surface area (Å²) in [6.07, 6.45) is 3.82. The van der Waals surface area contributed by atoms with Gasteiger partial charge in [-0.2, -0.15) is 4.31 Å². The number of hydrogen-bond donors (Lipinski definition) is 1. The molecule has 1 heterocycles. The SMILES string of the molecule is CCN(NC(=O)CCc1ccc(S(=O)(=O)N2CCCCC2)cc1)c1ccc(C)cc1. The van der Waals surface area contributed by atoms with Crippen LogP contribution < -0.4 is 10.4 Å². The molecule has 0 saturated carbocycles. The van der Waals surface area contributed by atoms with Gasteiger partial charge in [0.25, 0.3) is 0 Å². The highest BCUT2D eigenvalue weighted by atomic mass is 32.2. The summed E-state index contributed by atoms with van der Waals surface area (Å²) in [4.78, 5) is 12.7. The lowest BCUT2D eigenvalue weighted by Crippen LogP contribution is -2.42. The van der Waals surface area contributed by atoms with Crippen LogP contribution in [0.25, 0.3) is 0 Å². The molecule has 0 atom stereocenters. The topological polar surface area (TPSA) is 69.7 Å². The Hall–Kier alpha value is -2.38. The summed E-state index contributed by atoms with van der Waals surface area (Å²) in [6.45, 7) is 5.87. The number of piperidine rings is 1. The van der Waals surface area contributed by atoms with Crippen molar-refractivity contribution in [3.63, 3.8) is 0 Å². The van der Waals surface area contributed by atoms with Crippen LogP contribution in [0.15, 0.2) is 53.4 Å². The number of sulfonamides is 1. The maximum absolute atomic E-state index is 12.7. The summed E-state index contributed by atoms with van der Waals surface area (Å²) in [5.74, 6) is -0.0672. The summed E-state index contributed by atoms with van der Waals surface area (Å²) < 4.78 is 27.0. The van der Waals surface area contributed by atoms with E-state index in [9.17, 15) is 13.2 Å². The fraction of sp³-hybridized carbons (Fsp3) is 0.435. The Labute approximate surface area is 179 Å². The van der Waals surface area contributed by atoms with Crippen LogP contribution in [0, 0.1) is 6.92 Å². The average molecular weight is 430 g/mol. The fourth-order valence-electron chi connectivity index (χ4n) is 3.60. The zero-order valence-electron chi connectivity index (χ0n) is 17.8. The smallest absolute Gasteiger partial charge is 0.243 e. The van der Waals surface area contributed by atoms with E-state index in [1.807, 2.05) is 55.3 Å². The van der Waals surface area contributed by atoms with Gasteiger partial charge < -0.3 is 0 Å². The summed E-state index contributed by atoms with van der Waals surface area (Å²) in [5, 5.41) is 1.83. The second-order valence-corrected chi connectivity index (χ2v) is 9.66. The largest absolute Gasteiger partial charge is 0.286 e. The third kappa shape index (κ3) is 5.61. The third-order valence-electron chi connectivity index (χ3n) is 5.44. The lowest BCUT2D eigenvalue weighted by Gasteiger charge is -2.26. The van der Waals surface area contributed by atoms with Crippen LogP contribution in [0.4, 0.5) is 5.69 Å². The van der Waals surface area contributed by atoms with Crippen molar-refractivity contribution in [3.8, 4) is 0 Å². The van der Waals surface area contributed by atoms with E-state index >= 15 is 0 Å². The van der Waals surface area contributed by atoms with Crippen LogP contribution >= 0.6 is 0 Å². The molecular formula is C23H31N3O3S. The van der Waals surface area contributed by atoms with Crippen molar-refractivity contribution in [1.29, 1.82) is 0 Å². The number of nitrogens with zero attached hydrogens (tertiary/aromatic N) is 2. The Morgan fingerprint density at radius 2 is 1.63 bits per heavy atom. The number of anilines is 1. The molecule has 0 bridgehead atoms. The van der Waals surface area contributed by atoms with E-state index in [0.29, 0.717) is 37.4 Å². The molecule has 1 saturated heterocycles. The van der Waals surface area contributed by atoms with Crippen molar-refractivity contribution in [2.24, 2.45) is 0 Å². The van der Waals surface area contributed by atoms with Gasteiger partial charge in [-0.1, -0.05) is 36.2 Å².